The van der Waals surface area contributed by atoms with Gasteiger partial charge < -0.3 is 20.1 Å². The largest absolute Gasteiger partial charge is 0.379 e. The normalized spacial score (nSPS) is 33.7. The van der Waals surface area contributed by atoms with Gasteiger partial charge >= 0.3 is 0 Å². The summed E-state index contributed by atoms with van der Waals surface area (Å²) in [4.78, 5) is 4.26. The fourth-order valence-electron chi connectivity index (χ4n) is 2.94. The summed E-state index contributed by atoms with van der Waals surface area (Å²) in [7, 11) is 1.81. The molecule has 2 saturated heterocycles. The number of hydrogen-bond donors (Lipinski definition) is 2. The second-order valence-electron chi connectivity index (χ2n) is 5.88. The van der Waals surface area contributed by atoms with Gasteiger partial charge in [0.25, 0.3) is 0 Å². The fourth-order valence-corrected chi connectivity index (χ4v) is 2.94. The molecule has 2 heterocycles. The number of guanidine groups is 1. The highest BCUT2D eigenvalue weighted by atomic mass is 16.5. The Morgan fingerprint density at radius 3 is 2.84 bits per heavy atom. The number of nitrogens with one attached hydrogen (secondary N) is 2. The van der Waals surface area contributed by atoms with Crippen LogP contribution in [0.5, 0.6) is 0 Å². The molecule has 0 radical (unpaired) electrons. The van der Waals surface area contributed by atoms with Crippen molar-refractivity contribution in [3.05, 3.63) is 0 Å². The predicted molar refractivity (Wildman–Crippen MR) is 74.3 cm³/mol. The van der Waals surface area contributed by atoms with E-state index in [1.807, 2.05) is 7.05 Å². The molecule has 2 N–H and O–H groups in total. The summed E-state index contributed by atoms with van der Waals surface area (Å²) in [6, 6.07) is 0.428. The van der Waals surface area contributed by atoms with Crippen molar-refractivity contribution >= 4 is 5.96 Å². The number of rotatable bonds is 6. The third kappa shape index (κ3) is 3.60. The van der Waals surface area contributed by atoms with E-state index in [2.05, 4.69) is 15.6 Å². The van der Waals surface area contributed by atoms with Crippen molar-refractivity contribution in [1.82, 2.24) is 10.6 Å². The third-order valence-electron chi connectivity index (χ3n) is 4.24. The molecule has 3 fully saturated rings. The SMILES string of the molecule is CN=C(NCCOCC1CC1)NC1CC2CCC1O2. The second-order valence-corrected chi connectivity index (χ2v) is 5.88. The molecule has 3 aliphatic rings. The average molecular weight is 267 g/mol. The van der Waals surface area contributed by atoms with Crippen LogP contribution in [0.2, 0.25) is 0 Å². The minimum Gasteiger partial charge on any atom is -0.379 e. The van der Waals surface area contributed by atoms with Gasteiger partial charge in [0.15, 0.2) is 5.96 Å². The molecule has 0 aromatic rings. The van der Waals surface area contributed by atoms with Crippen LogP contribution in [0.3, 0.4) is 0 Å². The van der Waals surface area contributed by atoms with Crippen molar-refractivity contribution in [3.8, 4) is 0 Å². The predicted octanol–water partition coefficient (Wildman–Crippen LogP) is 0.898. The van der Waals surface area contributed by atoms with Crippen LogP contribution >= 0.6 is 0 Å². The van der Waals surface area contributed by atoms with Gasteiger partial charge in [-0.3, -0.25) is 4.99 Å². The van der Waals surface area contributed by atoms with Crippen molar-refractivity contribution in [1.29, 1.82) is 0 Å². The van der Waals surface area contributed by atoms with E-state index in [0.29, 0.717) is 18.2 Å². The summed E-state index contributed by atoms with van der Waals surface area (Å²) in [5.74, 6) is 1.71. The van der Waals surface area contributed by atoms with Gasteiger partial charge in [0.2, 0.25) is 0 Å². The molecular weight excluding hydrogens is 242 g/mol. The molecule has 0 aromatic carbocycles. The van der Waals surface area contributed by atoms with Crippen molar-refractivity contribution in [2.45, 2.75) is 50.4 Å². The van der Waals surface area contributed by atoms with E-state index in [-0.39, 0.29) is 0 Å². The first-order chi connectivity index (χ1) is 9.35. The number of nitrogens with zero attached hydrogens (tertiary/aromatic N) is 1. The van der Waals surface area contributed by atoms with E-state index in [9.17, 15) is 0 Å². The quantitative estimate of drug-likeness (QED) is 0.426. The number of hydrogen-bond acceptors (Lipinski definition) is 3. The molecule has 108 valence electrons. The van der Waals surface area contributed by atoms with E-state index < -0.39 is 0 Å². The number of fused-ring (bicyclic) bond motifs is 2. The van der Waals surface area contributed by atoms with E-state index in [1.165, 1.54) is 25.7 Å². The van der Waals surface area contributed by atoms with Crippen LogP contribution < -0.4 is 10.6 Å². The fraction of sp³-hybridized carbons (Fsp3) is 0.929. The van der Waals surface area contributed by atoms with E-state index in [1.54, 1.807) is 0 Å². The van der Waals surface area contributed by atoms with E-state index in [0.717, 1.165) is 38.1 Å². The zero-order chi connectivity index (χ0) is 13.1. The topological polar surface area (TPSA) is 54.9 Å². The summed E-state index contributed by atoms with van der Waals surface area (Å²) in [5.41, 5.74) is 0. The van der Waals surface area contributed by atoms with Gasteiger partial charge in [-0.05, 0) is 38.0 Å². The van der Waals surface area contributed by atoms with Gasteiger partial charge in [-0.15, -0.1) is 0 Å². The minimum atomic E-state index is 0.384. The lowest BCUT2D eigenvalue weighted by Gasteiger charge is -2.22. The monoisotopic (exact) mass is 267 g/mol. The summed E-state index contributed by atoms with van der Waals surface area (Å²) in [5, 5.41) is 6.78. The highest BCUT2D eigenvalue weighted by Crippen LogP contribution is 2.34. The number of aliphatic imine (C=N–C) groups is 1. The van der Waals surface area contributed by atoms with Crippen molar-refractivity contribution in [2.75, 3.05) is 26.8 Å². The summed E-state index contributed by atoms with van der Waals surface area (Å²) in [6.45, 7) is 2.49. The molecule has 0 spiro atoms. The van der Waals surface area contributed by atoms with Gasteiger partial charge in [0, 0.05) is 20.2 Å². The lowest BCUT2D eigenvalue weighted by atomic mass is 9.96. The maximum Gasteiger partial charge on any atom is 0.191 e. The Morgan fingerprint density at radius 2 is 2.21 bits per heavy atom. The highest BCUT2D eigenvalue weighted by molar-refractivity contribution is 5.80. The lowest BCUT2D eigenvalue weighted by Crippen LogP contribution is -2.48. The second kappa shape index (κ2) is 6.09. The van der Waals surface area contributed by atoms with Crippen LogP contribution in [-0.2, 0) is 9.47 Å². The van der Waals surface area contributed by atoms with E-state index in [4.69, 9.17) is 9.47 Å². The minimum absolute atomic E-state index is 0.384. The number of ether oxygens (including phenoxy) is 2. The van der Waals surface area contributed by atoms with Crippen molar-refractivity contribution in [3.63, 3.8) is 0 Å². The van der Waals surface area contributed by atoms with E-state index >= 15 is 0 Å². The molecule has 0 amide bonds. The Morgan fingerprint density at radius 1 is 1.32 bits per heavy atom. The Labute approximate surface area is 115 Å². The molecule has 5 nitrogen and oxygen atoms in total. The van der Waals surface area contributed by atoms with Gasteiger partial charge in [-0.2, -0.15) is 0 Å². The van der Waals surface area contributed by atoms with Crippen LogP contribution in [0.4, 0.5) is 0 Å². The van der Waals surface area contributed by atoms with Gasteiger partial charge in [0.1, 0.15) is 0 Å². The highest BCUT2D eigenvalue weighted by Gasteiger charge is 2.41. The molecule has 2 bridgehead atoms. The molecule has 3 rings (SSSR count). The van der Waals surface area contributed by atoms with Crippen LogP contribution in [0.25, 0.3) is 0 Å². The summed E-state index contributed by atoms with van der Waals surface area (Å²) >= 11 is 0. The summed E-state index contributed by atoms with van der Waals surface area (Å²) in [6.07, 6.45) is 7.08. The first-order valence-corrected chi connectivity index (χ1v) is 7.55. The Hall–Kier alpha value is -0.810. The van der Waals surface area contributed by atoms with Crippen LogP contribution in [0, 0.1) is 5.92 Å². The van der Waals surface area contributed by atoms with Crippen molar-refractivity contribution in [2.24, 2.45) is 10.9 Å². The Bertz CT molecular complexity index is 331. The zero-order valence-electron chi connectivity index (χ0n) is 11.7. The maximum absolute atomic E-state index is 5.84. The van der Waals surface area contributed by atoms with Crippen LogP contribution in [-0.4, -0.2) is 51.0 Å². The molecule has 1 aliphatic carbocycles. The smallest absolute Gasteiger partial charge is 0.191 e. The molecule has 5 heteroatoms. The summed E-state index contributed by atoms with van der Waals surface area (Å²) < 4.78 is 11.4. The first kappa shape index (κ1) is 13.2. The molecular formula is C14H25N3O2. The Balaban J connectivity index is 1.31. The lowest BCUT2D eigenvalue weighted by molar-refractivity contribution is 0.0991. The maximum atomic E-state index is 5.84. The standard InChI is InChI=1S/C14H25N3O2/c1-15-14(16-6-7-18-9-10-2-3-10)17-12-8-11-4-5-13(12)19-11/h10-13H,2-9H2,1H3,(H2,15,16,17). The van der Waals surface area contributed by atoms with Crippen molar-refractivity contribution < 1.29 is 9.47 Å². The van der Waals surface area contributed by atoms with Crippen LogP contribution in [0.15, 0.2) is 4.99 Å². The first-order valence-electron chi connectivity index (χ1n) is 7.55. The van der Waals surface area contributed by atoms with Gasteiger partial charge in [-0.25, -0.2) is 0 Å². The van der Waals surface area contributed by atoms with Crippen LogP contribution in [0.1, 0.15) is 32.1 Å². The molecule has 2 aliphatic heterocycles. The molecule has 19 heavy (non-hydrogen) atoms. The average Bonchev–Trinajstić information content (AvgIpc) is 3.02. The van der Waals surface area contributed by atoms with Gasteiger partial charge in [-0.1, -0.05) is 0 Å². The Kier molecular flexibility index (Phi) is 4.23. The van der Waals surface area contributed by atoms with Gasteiger partial charge in [0.05, 0.1) is 24.9 Å². The molecule has 3 atom stereocenters. The molecule has 0 aromatic heterocycles. The third-order valence-corrected chi connectivity index (χ3v) is 4.24. The zero-order valence-corrected chi connectivity index (χ0v) is 11.7. The molecule has 3 unspecified atom stereocenters. The molecule has 1 saturated carbocycles.